The maximum atomic E-state index is 13.7. The number of anilines is 1. The molecule has 1 unspecified atom stereocenters. The summed E-state index contributed by atoms with van der Waals surface area (Å²) in [4.78, 5) is 2.75. The molecule has 0 saturated carbocycles. The first-order valence-electron chi connectivity index (χ1n) is 10.5. The minimum Gasteiger partial charge on any atom is -0.626 e. The molecule has 0 aromatic heterocycles. The summed E-state index contributed by atoms with van der Waals surface area (Å²) >= 11 is 0. The summed E-state index contributed by atoms with van der Waals surface area (Å²) in [6.07, 6.45) is 14.3. The van der Waals surface area contributed by atoms with Crippen LogP contribution in [0.2, 0.25) is 0 Å². The number of allylic oxidation sites excluding steroid dienone is 2. The van der Waals surface area contributed by atoms with E-state index in [-0.39, 0.29) is 10.7 Å². The number of benzene rings is 1. The zero-order chi connectivity index (χ0) is 18.0. The topological polar surface area (TPSA) is 38.3 Å². The SMILES string of the molecule is CCCC1(N2CCC([N+]3([O-])CNc4ccccc43)CC2)CCC=CCC1. The highest BCUT2D eigenvalue weighted by Crippen LogP contribution is 2.42. The standard InChI is InChI=1S/C22H33N3O/c1-2-13-22(14-7-3-4-8-15-22)24-16-11-19(12-17-24)25(26)18-23-20-9-5-6-10-21(20)25/h3-6,9-10,19,23H,2,7-8,11-18H2,1H3. The van der Waals surface area contributed by atoms with Crippen LogP contribution in [0.15, 0.2) is 36.4 Å². The Morgan fingerprint density at radius 2 is 1.85 bits per heavy atom. The lowest BCUT2D eigenvalue weighted by Crippen LogP contribution is -2.59. The van der Waals surface area contributed by atoms with Gasteiger partial charge in [0.05, 0.1) is 6.04 Å². The predicted octanol–water partition coefficient (Wildman–Crippen LogP) is 5.01. The van der Waals surface area contributed by atoms with E-state index in [0.29, 0.717) is 12.2 Å². The van der Waals surface area contributed by atoms with E-state index in [1.165, 1.54) is 38.5 Å². The Balaban J connectivity index is 1.47. The van der Waals surface area contributed by atoms with Gasteiger partial charge in [0.25, 0.3) is 0 Å². The summed E-state index contributed by atoms with van der Waals surface area (Å²) in [5, 5.41) is 17.0. The zero-order valence-electron chi connectivity index (χ0n) is 16.1. The maximum absolute atomic E-state index is 13.7. The smallest absolute Gasteiger partial charge is 0.158 e. The first kappa shape index (κ1) is 18.0. The van der Waals surface area contributed by atoms with E-state index in [2.05, 4.69) is 29.3 Å². The molecular weight excluding hydrogens is 322 g/mol. The van der Waals surface area contributed by atoms with Crippen LogP contribution in [0.25, 0.3) is 0 Å². The first-order valence-corrected chi connectivity index (χ1v) is 10.5. The van der Waals surface area contributed by atoms with Crippen LogP contribution in [0.5, 0.6) is 0 Å². The van der Waals surface area contributed by atoms with E-state index in [1.807, 2.05) is 24.3 Å². The van der Waals surface area contributed by atoms with Gasteiger partial charge in [-0.3, -0.25) is 4.90 Å². The number of hydrogen-bond acceptors (Lipinski definition) is 3. The van der Waals surface area contributed by atoms with Gasteiger partial charge in [-0.05, 0) is 38.2 Å². The van der Waals surface area contributed by atoms with E-state index < -0.39 is 0 Å². The predicted molar refractivity (Wildman–Crippen MR) is 110 cm³/mol. The molecule has 3 aliphatic rings. The number of piperidine rings is 1. The van der Waals surface area contributed by atoms with Gasteiger partial charge >= 0.3 is 0 Å². The lowest BCUT2D eigenvalue weighted by atomic mass is 9.81. The van der Waals surface area contributed by atoms with Crippen molar-refractivity contribution in [3.63, 3.8) is 0 Å². The summed E-state index contributed by atoms with van der Waals surface area (Å²) in [5.74, 6) is 0. The van der Waals surface area contributed by atoms with Gasteiger partial charge in [-0.15, -0.1) is 0 Å². The molecule has 1 aromatic rings. The Labute approximate surface area is 158 Å². The van der Waals surface area contributed by atoms with Gasteiger partial charge in [0.1, 0.15) is 5.69 Å². The number of hydroxylamine groups is 2. The largest absolute Gasteiger partial charge is 0.626 e. The first-order chi connectivity index (χ1) is 12.7. The fraction of sp³-hybridized carbons (Fsp3) is 0.636. The van der Waals surface area contributed by atoms with Crippen LogP contribution in [0.3, 0.4) is 0 Å². The second-order valence-corrected chi connectivity index (χ2v) is 8.39. The van der Waals surface area contributed by atoms with Gasteiger partial charge in [-0.25, -0.2) is 0 Å². The second-order valence-electron chi connectivity index (χ2n) is 8.39. The molecule has 4 nitrogen and oxygen atoms in total. The molecule has 4 heteroatoms. The average Bonchev–Trinajstić information content (AvgIpc) is 2.86. The number of nitrogens with one attached hydrogen (secondary N) is 1. The molecule has 0 amide bonds. The fourth-order valence-electron chi connectivity index (χ4n) is 5.58. The molecule has 0 radical (unpaired) electrons. The summed E-state index contributed by atoms with van der Waals surface area (Å²) in [6.45, 7) is 4.97. The van der Waals surface area contributed by atoms with Crippen molar-refractivity contribution in [2.45, 2.75) is 69.9 Å². The van der Waals surface area contributed by atoms with Crippen LogP contribution < -0.4 is 9.96 Å². The fourth-order valence-corrected chi connectivity index (χ4v) is 5.58. The van der Waals surface area contributed by atoms with Crippen molar-refractivity contribution in [1.29, 1.82) is 0 Å². The maximum Gasteiger partial charge on any atom is 0.158 e. The molecule has 0 spiro atoms. The molecule has 4 rings (SSSR count). The number of quaternary nitrogens is 1. The van der Waals surface area contributed by atoms with E-state index in [4.69, 9.17) is 0 Å². The van der Waals surface area contributed by atoms with Crippen molar-refractivity contribution < 1.29 is 0 Å². The van der Waals surface area contributed by atoms with Crippen molar-refractivity contribution in [2.75, 3.05) is 25.1 Å². The molecular formula is C22H33N3O. The number of para-hydroxylation sites is 2. The molecule has 2 aliphatic heterocycles. The van der Waals surface area contributed by atoms with Gasteiger partial charge in [-0.1, -0.05) is 37.6 Å². The molecule has 1 atom stereocenters. The van der Waals surface area contributed by atoms with E-state index in [1.54, 1.807) is 0 Å². The third-order valence-corrected chi connectivity index (χ3v) is 6.98. The highest BCUT2D eigenvalue weighted by Gasteiger charge is 2.43. The Kier molecular flexibility index (Phi) is 5.09. The summed E-state index contributed by atoms with van der Waals surface area (Å²) < 4.78 is -0.174. The summed E-state index contributed by atoms with van der Waals surface area (Å²) in [6, 6.07) is 8.26. The number of rotatable bonds is 4. The molecule has 1 fully saturated rings. The molecule has 142 valence electrons. The van der Waals surface area contributed by atoms with Crippen LogP contribution in [-0.4, -0.2) is 36.2 Å². The lowest BCUT2D eigenvalue weighted by Gasteiger charge is -2.52. The van der Waals surface area contributed by atoms with Crippen LogP contribution in [0.4, 0.5) is 11.4 Å². The van der Waals surface area contributed by atoms with Crippen molar-refractivity contribution >= 4 is 11.4 Å². The van der Waals surface area contributed by atoms with Crippen molar-refractivity contribution in [3.8, 4) is 0 Å². The minimum atomic E-state index is -0.174. The molecule has 26 heavy (non-hydrogen) atoms. The van der Waals surface area contributed by atoms with Gasteiger partial charge < -0.3 is 15.2 Å². The van der Waals surface area contributed by atoms with E-state index >= 15 is 0 Å². The summed E-state index contributed by atoms with van der Waals surface area (Å²) in [7, 11) is 0. The number of hydrogen-bond donors (Lipinski definition) is 1. The van der Waals surface area contributed by atoms with Crippen LogP contribution in [-0.2, 0) is 0 Å². The quantitative estimate of drug-likeness (QED) is 0.469. The van der Waals surface area contributed by atoms with E-state index in [9.17, 15) is 5.21 Å². The molecule has 2 heterocycles. The van der Waals surface area contributed by atoms with Crippen molar-refractivity contribution in [3.05, 3.63) is 41.6 Å². The third kappa shape index (κ3) is 3.08. The Bertz CT molecular complexity index is 641. The molecule has 1 saturated heterocycles. The molecule has 1 N–H and O–H groups in total. The van der Waals surface area contributed by atoms with Crippen molar-refractivity contribution in [1.82, 2.24) is 9.55 Å². The van der Waals surface area contributed by atoms with Crippen LogP contribution in [0.1, 0.15) is 58.3 Å². The summed E-state index contributed by atoms with van der Waals surface area (Å²) in [5.41, 5.74) is 2.33. The monoisotopic (exact) mass is 355 g/mol. The number of likely N-dealkylation sites (tertiary alicyclic amines) is 1. The lowest BCUT2D eigenvalue weighted by molar-refractivity contribution is 0.0253. The van der Waals surface area contributed by atoms with Crippen molar-refractivity contribution in [2.24, 2.45) is 0 Å². The minimum absolute atomic E-state index is 0.174. The zero-order valence-corrected chi connectivity index (χ0v) is 16.1. The molecule has 1 aromatic carbocycles. The Morgan fingerprint density at radius 3 is 2.54 bits per heavy atom. The molecule has 1 aliphatic carbocycles. The molecule has 0 bridgehead atoms. The number of fused-ring (bicyclic) bond motifs is 1. The van der Waals surface area contributed by atoms with Gasteiger partial charge in [0.15, 0.2) is 12.4 Å². The Hall–Kier alpha value is -1.36. The second kappa shape index (κ2) is 7.34. The normalized spacial score (nSPS) is 29.2. The van der Waals surface area contributed by atoms with Gasteiger partial charge in [0.2, 0.25) is 0 Å². The van der Waals surface area contributed by atoms with E-state index in [0.717, 1.165) is 37.3 Å². The third-order valence-electron chi connectivity index (χ3n) is 6.98. The van der Waals surface area contributed by atoms with Crippen LogP contribution >= 0.6 is 0 Å². The highest BCUT2D eigenvalue weighted by molar-refractivity contribution is 5.72. The van der Waals surface area contributed by atoms with Crippen LogP contribution in [0, 0.1) is 5.21 Å². The number of nitrogens with zero attached hydrogens (tertiary/aromatic N) is 2. The van der Waals surface area contributed by atoms with Gasteiger partial charge in [0, 0.05) is 37.5 Å². The highest BCUT2D eigenvalue weighted by atomic mass is 16.6. The van der Waals surface area contributed by atoms with Gasteiger partial charge in [-0.2, -0.15) is 0 Å². The Morgan fingerprint density at radius 1 is 1.15 bits per heavy atom. The average molecular weight is 356 g/mol.